The highest BCUT2D eigenvalue weighted by molar-refractivity contribution is 9.10. The fraction of sp³-hybridized carbons (Fsp3) is 0.500. The highest BCUT2D eigenvalue weighted by Gasteiger charge is 2.15. The Labute approximate surface area is 99.6 Å². The van der Waals surface area contributed by atoms with Gasteiger partial charge in [-0.05, 0) is 59.8 Å². The van der Waals surface area contributed by atoms with Crippen LogP contribution in [0.25, 0.3) is 0 Å². The van der Waals surface area contributed by atoms with Crippen molar-refractivity contribution in [3.8, 4) is 0 Å². The number of nitrogens with two attached hydrogens (primary N) is 1. The van der Waals surface area contributed by atoms with Gasteiger partial charge < -0.3 is 10.6 Å². The molecule has 0 unspecified atom stereocenters. The van der Waals surface area contributed by atoms with Crippen molar-refractivity contribution in [3.05, 3.63) is 22.2 Å². The molecule has 0 atom stereocenters. The van der Waals surface area contributed by atoms with Crippen LogP contribution in [0, 0.1) is 6.92 Å². The molecule has 2 rings (SSSR count). The fourth-order valence-electron chi connectivity index (χ4n) is 2.28. The summed E-state index contributed by atoms with van der Waals surface area (Å²) in [6.45, 7) is 4.47. The minimum atomic E-state index is 0.833. The van der Waals surface area contributed by atoms with Gasteiger partial charge in [0, 0.05) is 23.2 Å². The molecule has 0 aromatic heterocycles. The van der Waals surface area contributed by atoms with Crippen LogP contribution in [0.4, 0.5) is 11.4 Å². The van der Waals surface area contributed by atoms with Gasteiger partial charge in [-0.2, -0.15) is 0 Å². The lowest BCUT2D eigenvalue weighted by atomic mass is 10.1. The van der Waals surface area contributed by atoms with E-state index in [0.29, 0.717) is 0 Å². The van der Waals surface area contributed by atoms with Gasteiger partial charge in [-0.25, -0.2) is 0 Å². The predicted octanol–water partition coefficient (Wildman–Crippen LogP) is 3.33. The van der Waals surface area contributed by atoms with Crippen molar-refractivity contribution in [3.63, 3.8) is 0 Å². The summed E-state index contributed by atoms with van der Waals surface area (Å²) in [7, 11) is 0. The summed E-state index contributed by atoms with van der Waals surface area (Å²) in [6, 6.07) is 4.05. The van der Waals surface area contributed by atoms with E-state index in [2.05, 4.69) is 33.8 Å². The summed E-state index contributed by atoms with van der Waals surface area (Å²) in [6.07, 6.45) is 3.97. The first-order valence-corrected chi connectivity index (χ1v) is 6.28. The number of aryl methyl sites for hydroxylation is 1. The lowest BCUT2D eigenvalue weighted by molar-refractivity contribution is 0.576. The molecule has 1 aliphatic rings. The van der Waals surface area contributed by atoms with Gasteiger partial charge in [0.25, 0.3) is 0 Å². The van der Waals surface area contributed by atoms with Crippen molar-refractivity contribution in [1.82, 2.24) is 0 Å². The molecule has 1 saturated heterocycles. The monoisotopic (exact) mass is 268 g/mol. The lowest BCUT2D eigenvalue weighted by Crippen LogP contribution is -2.30. The minimum Gasteiger partial charge on any atom is -0.399 e. The Hall–Kier alpha value is -0.700. The van der Waals surface area contributed by atoms with E-state index in [-0.39, 0.29) is 0 Å². The molecule has 1 fully saturated rings. The maximum absolute atomic E-state index is 5.81. The Morgan fingerprint density at radius 1 is 1.20 bits per heavy atom. The van der Waals surface area contributed by atoms with Crippen LogP contribution < -0.4 is 10.6 Å². The van der Waals surface area contributed by atoms with E-state index in [1.165, 1.54) is 43.6 Å². The Kier molecular flexibility index (Phi) is 3.19. The Morgan fingerprint density at radius 3 is 2.47 bits per heavy atom. The average Bonchev–Trinajstić information content (AvgIpc) is 2.17. The second kappa shape index (κ2) is 4.44. The third-order valence-corrected chi connectivity index (χ3v) is 3.55. The number of nitrogen functional groups attached to an aromatic ring is 1. The van der Waals surface area contributed by atoms with E-state index < -0.39 is 0 Å². The van der Waals surface area contributed by atoms with Crippen molar-refractivity contribution in [2.75, 3.05) is 23.7 Å². The van der Waals surface area contributed by atoms with Gasteiger partial charge in [0.15, 0.2) is 0 Å². The van der Waals surface area contributed by atoms with Crippen LogP contribution in [-0.4, -0.2) is 13.1 Å². The van der Waals surface area contributed by atoms with Crippen LogP contribution in [0.5, 0.6) is 0 Å². The van der Waals surface area contributed by atoms with Gasteiger partial charge in [0.05, 0.1) is 5.69 Å². The highest BCUT2D eigenvalue weighted by atomic mass is 79.9. The summed E-state index contributed by atoms with van der Waals surface area (Å²) in [5, 5.41) is 0. The SMILES string of the molecule is Cc1cc(N)cc(Br)c1N1CCCCC1. The Balaban J connectivity index is 2.33. The van der Waals surface area contributed by atoms with Crippen LogP contribution in [-0.2, 0) is 0 Å². The highest BCUT2D eigenvalue weighted by Crippen LogP contribution is 2.33. The van der Waals surface area contributed by atoms with Crippen LogP contribution in [0.15, 0.2) is 16.6 Å². The molecule has 1 aromatic rings. The topological polar surface area (TPSA) is 29.3 Å². The van der Waals surface area contributed by atoms with Gasteiger partial charge >= 0.3 is 0 Å². The molecule has 1 heterocycles. The molecule has 0 bridgehead atoms. The van der Waals surface area contributed by atoms with Crippen LogP contribution in [0.1, 0.15) is 24.8 Å². The smallest absolute Gasteiger partial charge is 0.0541 e. The van der Waals surface area contributed by atoms with Crippen molar-refractivity contribution in [1.29, 1.82) is 0 Å². The summed E-state index contributed by atoms with van der Waals surface area (Å²) in [5.41, 5.74) is 9.23. The van der Waals surface area contributed by atoms with E-state index in [1.54, 1.807) is 0 Å². The normalized spacial score (nSPS) is 16.8. The third kappa shape index (κ3) is 2.28. The van der Waals surface area contributed by atoms with E-state index in [9.17, 15) is 0 Å². The van der Waals surface area contributed by atoms with E-state index >= 15 is 0 Å². The van der Waals surface area contributed by atoms with Crippen LogP contribution in [0.2, 0.25) is 0 Å². The largest absolute Gasteiger partial charge is 0.399 e. The number of anilines is 2. The molecule has 82 valence electrons. The van der Waals surface area contributed by atoms with Crippen LogP contribution >= 0.6 is 15.9 Å². The molecule has 3 heteroatoms. The quantitative estimate of drug-likeness (QED) is 0.792. The van der Waals surface area contributed by atoms with Crippen molar-refractivity contribution >= 4 is 27.3 Å². The van der Waals surface area contributed by atoms with Gasteiger partial charge in [0.2, 0.25) is 0 Å². The first-order valence-electron chi connectivity index (χ1n) is 5.49. The predicted molar refractivity (Wildman–Crippen MR) is 69.4 cm³/mol. The van der Waals surface area contributed by atoms with Crippen LogP contribution in [0.3, 0.4) is 0 Å². The summed E-state index contributed by atoms with van der Waals surface area (Å²) in [4.78, 5) is 2.46. The molecular weight excluding hydrogens is 252 g/mol. The first kappa shape index (κ1) is 10.8. The molecule has 1 aliphatic heterocycles. The van der Waals surface area contributed by atoms with Gasteiger partial charge in [0.1, 0.15) is 0 Å². The first-order chi connectivity index (χ1) is 7.18. The maximum atomic E-state index is 5.81. The van der Waals surface area contributed by atoms with Crippen molar-refractivity contribution in [2.24, 2.45) is 0 Å². The van der Waals surface area contributed by atoms with E-state index in [4.69, 9.17) is 5.73 Å². The molecule has 0 saturated carbocycles. The molecule has 0 radical (unpaired) electrons. The van der Waals surface area contributed by atoms with Gasteiger partial charge in [-0.15, -0.1) is 0 Å². The molecule has 0 aliphatic carbocycles. The summed E-state index contributed by atoms with van der Waals surface area (Å²) >= 11 is 3.61. The molecule has 15 heavy (non-hydrogen) atoms. The number of rotatable bonds is 1. The molecular formula is C12H17BrN2. The molecule has 2 N–H and O–H groups in total. The van der Waals surface area contributed by atoms with Gasteiger partial charge in [-0.3, -0.25) is 0 Å². The number of benzene rings is 1. The molecule has 1 aromatic carbocycles. The summed E-state index contributed by atoms with van der Waals surface area (Å²) in [5.74, 6) is 0. The average molecular weight is 269 g/mol. The number of piperidine rings is 1. The molecule has 0 amide bonds. The second-order valence-electron chi connectivity index (χ2n) is 4.22. The second-order valence-corrected chi connectivity index (χ2v) is 5.07. The van der Waals surface area contributed by atoms with Crippen molar-refractivity contribution < 1.29 is 0 Å². The van der Waals surface area contributed by atoms with Crippen molar-refractivity contribution in [2.45, 2.75) is 26.2 Å². The molecule has 2 nitrogen and oxygen atoms in total. The van der Waals surface area contributed by atoms with E-state index in [0.717, 1.165) is 10.2 Å². The zero-order chi connectivity index (χ0) is 10.8. The Morgan fingerprint density at radius 2 is 1.87 bits per heavy atom. The number of hydrogen-bond donors (Lipinski definition) is 1. The number of hydrogen-bond acceptors (Lipinski definition) is 2. The third-order valence-electron chi connectivity index (χ3n) is 2.95. The van der Waals surface area contributed by atoms with E-state index in [1.807, 2.05) is 6.07 Å². The maximum Gasteiger partial charge on any atom is 0.0541 e. The molecule has 0 spiro atoms. The fourth-order valence-corrected chi connectivity index (χ4v) is 3.11. The minimum absolute atomic E-state index is 0.833. The summed E-state index contributed by atoms with van der Waals surface area (Å²) < 4.78 is 1.13. The standard InChI is InChI=1S/C12H17BrN2/c1-9-7-10(14)8-11(13)12(9)15-5-3-2-4-6-15/h7-8H,2-6,14H2,1H3. The number of nitrogens with zero attached hydrogens (tertiary/aromatic N) is 1. The zero-order valence-corrected chi connectivity index (χ0v) is 10.7. The number of halogens is 1. The zero-order valence-electron chi connectivity index (χ0n) is 9.09. The Bertz CT molecular complexity index is 334. The lowest BCUT2D eigenvalue weighted by Gasteiger charge is -2.31. The van der Waals surface area contributed by atoms with Gasteiger partial charge in [-0.1, -0.05) is 0 Å².